The van der Waals surface area contributed by atoms with Gasteiger partial charge in [0, 0.05) is 11.6 Å². The number of fused-ring (bicyclic) bond motifs is 1. The molecule has 0 bridgehead atoms. The Kier molecular flexibility index (Phi) is 5.04. The van der Waals surface area contributed by atoms with Crippen molar-refractivity contribution in [2.45, 2.75) is 40.7 Å². The molecular formula is C22H25N3O2. The molecule has 3 aromatic rings. The third-order valence-electron chi connectivity index (χ3n) is 4.59. The summed E-state index contributed by atoms with van der Waals surface area (Å²) >= 11 is 0. The lowest BCUT2D eigenvalue weighted by Crippen LogP contribution is -2.30. The summed E-state index contributed by atoms with van der Waals surface area (Å²) in [5.74, 6) is -0.0482. The largest absolute Gasteiger partial charge is 0.350 e. The van der Waals surface area contributed by atoms with Gasteiger partial charge in [0.2, 0.25) is 5.91 Å². The Labute approximate surface area is 158 Å². The van der Waals surface area contributed by atoms with Crippen LogP contribution in [0.1, 0.15) is 37.5 Å². The molecule has 0 radical (unpaired) electrons. The summed E-state index contributed by atoms with van der Waals surface area (Å²) in [7, 11) is 0. The fraction of sp³-hybridized carbons (Fsp3) is 0.273. The van der Waals surface area contributed by atoms with Gasteiger partial charge in [0.25, 0.3) is 0 Å². The maximum Gasteiger partial charge on any atom is 0.323 e. The molecule has 3 rings (SSSR count). The van der Waals surface area contributed by atoms with Crippen LogP contribution in [0.3, 0.4) is 0 Å². The van der Waals surface area contributed by atoms with Crippen molar-refractivity contribution < 1.29 is 4.79 Å². The lowest BCUT2D eigenvalue weighted by atomic mass is 9.94. The van der Waals surface area contributed by atoms with E-state index in [2.05, 4.69) is 34.3 Å². The van der Waals surface area contributed by atoms with E-state index < -0.39 is 0 Å². The first-order valence-electron chi connectivity index (χ1n) is 9.07. The SMILES string of the molecule is C/C(=C\c1cc(C)c(-c2ccc3[nH]c(=O)[nH]c3c2)cc1C)C(=O)NC(C)C. The van der Waals surface area contributed by atoms with Crippen LogP contribution in [0.4, 0.5) is 0 Å². The third kappa shape index (κ3) is 4.03. The number of carbonyl (C=O) groups excluding carboxylic acids is 1. The highest BCUT2D eigenvalue weighted by atomic mass is 16.2. The lowest BCUT2D eigenvalue weighted by molar-refractivity contribution is -0.117. The summed E-state index contributed by atoms with van der Waals surface area (Å²) in [5.41, 5.74) is 7.46. The van der Waals surface area contributed by atoms with Crippen LogP contribution in [0, 0.1) is 13.8 Å². The first-order chi connectivity index (χ1) is 12.7. The molecule has 0 fully saturated rings. The molecule has 0 aliphatic heterocycles. The summed E-state index contributed by atoms with van der Waals surface area (Å²) in [6.45, 7) is 9.82. The number of carbonyl (C=O) groups is 1. The number of imidazole rings is 1. The van der Waals surface area contributed by atoms with E-state index in [1.54, 1.807) is 0 Å². The first-order valence-corrected chi connectivity index (χ1v) is 9.07. The number of benzene rings is 2. The van der Waals surface area contributed by atoms with Crippen LogP contribution in [0.5, 0.6) is 0 Å². The fourth-order valence-electron chi connectivity index (χ4n) is 3.18. The summed E-state index contributed by atoms with van der Waals surface area (Å²) in [5, 5.41) is 2.91. The molecule has 1 amide bonds. The van der Waals surface area contributed by atoms with Gasteiger partial charge in [0.15, 0.2) is 0 Å². The minimum atomic E-state index is -0.203. The zero-order chi connectivity index (χ0) is 19.7. The maximum atomic E-state index is 12.2. The molecule has 0 saturated heterocycles. The molecule has 0 unspecified atom stereocenters. The predicted octanol–water partition coefficient (Wildman–Crippen LogP) is 4.07. The Balaban J connectivity index is 1.98. The lowest BCUT2D eigenvalue weighted by Gasteiger charge is -2.12. The molecule has 0 aliphatic rings. The highest BCUT2D eigenvalue weighted by molar-refractivity contribution is 5.97. The summed E-state index contributed by atoms with van der Waals surface area (Å²) in [4.78, 5) is 29.2. The van der Waals surface area contributed by atoms with Crippen molar-refractivity contribution in [3.63, 3.8) is 0 Å². The van der Waals surface area contributed by atoms with E-state index >= 15 is 0 Å². The Morgan fingerprint density at radius 3 is 2.44 bits per heavy atom. The van der Waals surface area contributed by atoms with Crippen molar-refractivity contribution in [3.8, 4) is 11.1 Å². The monoisotopic (exact) mass is 363 g/mol. The van der Waals surface area contributed by atoms with Crippen molar-refractivity contribution in [2.75, 3.05) is 0 Å². The molecular weight excluding hydrogens is 338 g/mol. The van der Waals surface area contributed by atoms with Gasteiger partial charge in [-0.05, 0) is 80.6 Å². The number of nitrogens with one attached hydrogen (secondary N) is 3. The first kappa shape index (κ1) is 18.7. The number of rotatable bonds is 4. The predicted molar refractivity (Wildman–Crippen MR) is 111 cm³/mol. The van der Waals surface area contributed by atoms with E-state index in [0.29, 0.717) is 5.57 Å². The number of hydrogen-bond donors (Lipinski definition) is 3. The maximum absolute atomic E-state index is 12.2. The number of hydrogen-bond acceptors (Lipinski definition) is 2. The van der Waals surface area contributed by atoms with Crippen molar-refractivity contribution in [2.24, 2.45) is 0 Å². The van der Waals surface area contributed by atoms with Crippen molar-refractivity contribution in [3.05, 3.63) is 63.1 Å². The second-order valence-corrected chi connectivity index (χ2v) is 7.32. The second kappa shape index (κ2) is 7.27. The van der Waals surface area contributed by atoms with Gasteiger partial charge in [-0.2, -0.15) is 0 Å². The minimum absolute atomic E-state index is 0.0482. The third-order valence-corrected chi connectivity index (χ3v) is 4.59. The molecule has 1 heterocycles. The van der Waals surface area contributed by atoms with Crippen molar-refractivity contribution in [1.29, 1.82) is 0 Å². The van der Waals surface area contributed by atoms with Gasteiger partial charge in [0.1, 0.15) is 0 Å². The topological polar surface area (TPSA) is 77.8 Å². The number of amides is 1. The van der Waals surface area contributed by atoms with Gasteiger partial charge >= 0.3 is 5.69 Å². The van der Waals surface area contributed by atoms with E-state index in [1.807, 2.05) is 52.0 Å². The minimum Gasteiger partial charge on any atom is -0.350 e. The van der Waals surface area contributed by atoms with Gasteiger partial charge in [0.05, 0.1) is 11.0 Å². The van der Waals surface area contributed by atoms with Crippen LogP contribution in [-0.2, 0) is 4.79 Å². The normalized spacial score (nSPS) is 12.0. The van der Waals surface area contributed by atoms with Crippen LogP contribution >= 0.6 is 0 Å². The average Bonchev–Trinajstić information content (AvgIpc) is 2.96. The summed E-state index contributed by atoms with van der Waals surface area (Å²) < 4.78 is 0. The van der Waals surface area contributed by atoms with Gasteiger partial charge < -0.3 is 15.3 Å². The summed E-state index contributed by atoms with van der Waals surface area (Å²) in [6.07, 6.45) is 1.93. The van der Waals surface area contributed by atoms with E-state index in [1.165, 1.54) is 0 Å². The Bertz CT molecular complexity index is 1100. The highest BCUT2D eigenvalue weighted by Gasteiger charge is 2.10. The van der Waals surface area contributed by atoms with Gasteiger partial charge in [-0.15, -0.1) is 0 Å². The van der Waals surface area contributed by atoms with Gasteiger partial charge in [-0.3, -0.25) is 4.79 Å². The fourth-order valence-corrected chi connectivity index (χ4v) is 3.18. The van der Waals surface area contributed by atoms with Gasteiger partial charge in [-0.1, -0.05) is 18.2 Å². The van der Waals surface area contributed by atoms with Gasteiger partial charge in [-0.25, -0.2) is 4.79 Å². The number of H-pyrrole nitrogens is 2. The second-order valence-electron chi connectivity index (χ2n) is 7.32. The quantitative estimate of drug-likeness (QED) is 0.611. The molecule has 140 valence electrons. The highest BCUT2D eigenvalue weighted by Crippen LogP contribution is 2.29. The standard InChI is InChI=1S/C22H25N3O2/c1-12(2)23-21(26)15(5)9-17-8-14(4)18(10-13(17)3)16-6-7-19-20(11-16)25-22(27)24-19/h6-12H,1-5H3,(H,23,26)(H2,24,25,27)/b15-9+. The molecule has 2 aromatic carbocycles. The van der Waals surface area contributed by atoms with E-state index in [4.69, 9.17) is 0 Å². The Hall–Kier alpha value is -3.08. The van der Waals surface area contributed by atoms with E-state index in [9.17, 15) is 9.59 Å². The van der Waals surface area contributed by atoms with Crippen LogP contribution in [0.2, 0.25) is 0 Å². The molecule has 3 N–H and O–H groups in total. The Morgan fingerprint density at radius 1 is 1.04 bits per heavy atom. The van der Waals surface area contributed by atoms with Crippen LogP contribution in [0.15, 0.2) is 40.7 Å². The molecule has 0 atom stereocenters. The van der Waals surface area contributed by atoms with Crippen molar-refractivity contribution >= 4 is 23.0 Å². The molecule has 0 aliphatic carbocycles. The zero-order valence-electron chi connectivity index (χ0n) is 16.4. The summed E-state index contributed by atoms with van der Waals surface area (Å²) in [6, 6.07) is 10.2. The molecule has 5 nitrogen and oxygen atoms in total. The number of aromatic amines is 2. The molecule has 1 aromatic heterocycles. The number of aryl methyl sites for hydroxylation is 2. The number of aromatic nitrogens is 2. The molecule has 5 heteroatoms. The van der Waals surface area contributed by atoms with E-state index in [0.717, 1.165) is 38.9 Å². The zero-order valence-corrected chi connectivity index (χ0v) is 16.4. The average molecular weight is 363 g/mol. The molecule has 27 heavy (non-hydrogen) atoms. The van der Waals surface area contributed by atoms with Crippen LogP contribution in [-0.4, -0.2) is 21.9 Å². The smallest absolute Gasteiger partial charge is 0.323 e. The Morgan fingerprint density at radius 2 is 1.74 bits per heavy atom. The molecule has 0 spiro atoms. The van der Waals surface area contributed by atoms with Crippen LogP contribution < -0.4 is 11.0 Å². The molecule has 0 saturated carbocycles. The van der Waals surface area contributed by atoms with Crippen LogP contribution in [0.25, 0.3) is 28.2 Å². The van der Waals surface area contributed by atoms with Crippen molar-refractivity contribution in [1.82, 2.24) is 15.3 Å². The van der Waals surface area contributed by atoms with E-state index in [-0.39, 0.29) is 17.6 Å².